The van der Waals surface area contributed by atoms with E-state index in [1.54, 1.807) is 0 Å². The zero-order chi connectivity index (χ0) is 13.4. The minimum Gasteiger partial charge on any atom is -0.393 e. The molecule has 0 aliphatic carbocycles. The highest BCUT2D eigenvalue weighted by atomic mass is 16.3. The quantitative estimate of drug-likeness (QED) is 0.699. The zero-order valence-corrected chi connectivity index (χ0v) is 12.5. The lowest BCUT2D eigenvalue weighted by molar-refractivity contribution is 0.0840. The predicted molar refractivity (Wildman–Crippen MR) is 77.8 cm³/mol. The number of rotatable bonds is 8. The van der Waals surface area contributed by atoms with Gasteiger partial charge in [0, 0.05) is 19.1 Å². The molecule has 0 amide bonds. The summed E-state index contributed by atoms with van der Waals surface area (Å²) >= 11 is 0. The summed E-state index contributed by atoms with van der Waals surface area (Å²) in [5, 5.41) is 13.5. The number of aliphatic hydroxyl groups is 1. The molecule has 0 aromatic rings. The van der Waals surface area contributed by atoms with Crippen molar-refractivity contribution < 1.29 is 5.11 Å². The summed E-state index contributed by atoms with van der Waals surface area (Å²) in [6, 6.07) is 0.624. The van der Waals surface area contributed by atoms with Crippen LogP contribution in [0.5, 0.6) is 0 Å². The first-order chi connectivity index (χ1) is 8.69. The van der Waals surface area contributed by atoms with Gasteiger partial charge in [-0.15, -0.1) is 0 Å². The highest BCUT2D eigenvalue weighted by Crippen LogP contribution is 2.22. The van der Waals surface area contributed by atoms with Crippen LogP contribution in [0.1, 0.15) is 52.9 Å². The summed E-state index contributed by atoms with van der Waals surface area (Å²) in [5.74, 6) is 0.662. The van der Waals surface area contributed by atoms with Crippen LogP contribution in [-0.2, 0) is 0 Å². The fraction of sp³-hybridized carbons (Fsp3) is 1.00. The van der Waals surface area contributed by atoms with Crippen LogP contribution < -0.4 is 5.32 Å². The normalized spacial score (nSPS) is 27.3. The number of aliphatic hydroxyl groups excluding tert-OH is 1. The molecule has 0 spiro atoms. The highest BCUT2D eigenvalue weighted by molar-refractivity contribution is 4.84. The second-order valence-corrected chi connectivity index (χ2v) is 5.81. The van der Waals surface area contributed by atoms with Gasteiger partial charge in [-0.3, -0.25) is 0 Å². The monoisotopic (exact) mass is 256 g/mol. The van der Waals surface area contributed by atoms with Crippen molar-refractivity contribution in [2.75, 3.05) is 26.2 Å². The number of hydrogen-bond donors (Lipinski definition) is 2. The molecule has 2 N–H and O–H groups in total. The lowest BCUT2D eigenvalue weighted by Gasteiger charge is -2.39. The molecular formula is C15H32N2O. The van der Waals surface area contributed by atoms with Crippen molar-refractivity contribution in [2.45, 2.75) is 65.0 Å². The number of nitrogens with one attached hydrogen (secondary N) is 1. The van der Waals surface area contributed by atoms with E-state index in [-0.39, 0.29) is 6.10 Å². The third-order valence-corrected chi connectivity index (χ3v) is 3.91. The molecule has 1 fully saturated rings. The van der Waals surface area contributed by atoms with Crippen molar-refractivity contribution in [2.24, 2.45) is 5.92 Å². The number of nitrogens with zero attached hydrogens (tertiary/aromatic N) is 1. The Morgan fingerprint density at radius 1 is 1.22 bits per heavy atom. The van der Waals surface area contributed by atoms with E-state index >= 15 is 0 Å². The summed E-state index contributed by atoms with van der Waals surface area (Å²) in [6.07, 6.45) is 5.41. The van der Waals surface area contributed by atoms with Gasteiger partial charge >= 0.3 is 0 Å². The van der Waals surface area contributed by atoms with Crippen LogP contribution in [0.3, 0.4) is 0 Å². The van der Waals surface area contributed by atoms with Gasteiger partial charge in [0.25, 0.3) is 0 Å². The standard InChI is InChI=1S/C15H32N2O/c1-4-7-16-14-9-13(10-15(18)6-3)11-17(12-14)8-5-2/h13-16,18H,4-12H2,1-3H3. The summed E-state index contributed by atoms with van der Waals surface area (Å²) in [4.78, 5) is 2.57. The van der Waals surface area contributed by atoms with Gasteiger partial charge in [-0.25, -0.2) is 0 Å². The van der Waals surface area contributed by atoms with E-state index in [2.05, 4.69) is 31.0 Å². The fourth-order valence-electron chi connectivity index (χ4n) is 3.02. The van der Waals surface area contributed by atoms with Gasteiger partial charge in [-0.05, 0) is 51.1 Å². The Labute approximate surface area is 113 Å². The molecule has 3 heteroatoms. The second kappa shape index (κ2) is 8.89. The maximum absolute atomic E-state index is 9.85. The lowest BCUT2D eigenvalue weighted by Crippen LogP contribution is -2.50. The summed E-state index contributed by atoms with van der Waals surface area (Å²) < 4.78 is 0. The SMILES string of the molecule is CCCNC1CC(CC(O)CC)CN(CCC)C1. The van der Waals surface area contributed by atoms with Gasteiger partial charge in [-0.2, -0.15) is 0 Å². The molecule has 0 radical (unpaired) electrons. The summed E-state index contributed by atoms with van der Waals surface area (Å²) in [6.45, 7) is 11.2. The van der Waals surface area contributed by atoms with Crippen molar-refractivity contribution in [3.8, 4) is 0 Å². The van der Waals surface area contributed by atoms with E-state index in [1.165, 1.54) is 38.9 Å². The first kappa shape index (κ1) is 15.9. The van der Waals surface area contributed by atoms with Crippen LogP contribution in [0.25, 0.3) is 0 Å². The van der Waals surface area contributed by atoms with Gasteiger partial charge in [-0.1, -0.05) is 20.8 Å². The van der Waals surface area contributed by atoms with Gasteiger partial charge in [0.15, 0.2) is 0 Å². The predicted octanol–water partition coefficient (Wildman–Crippen LogP) is 2.25. The molecule has 0 saturated carbocycles. The second-order valence-electron chi connectivity index (χ2n) is 5.81. The molecule has 1 rings (SSSR count). The van der Waals surface area contributed by atoms with Crippen molar-refractivity contribution in [1.29, 1.82) is 0 Å². The molecule has 18 heavy (non-hydrogen) atoms. The van der Waals surface area contributed by atoms with Crippen LogP contribution >= 0.6 is 0 Å². The van der Waals surface area contributed by atoms with Crippen LogP contribution in [0.15, 0.2) is 0 Å². The largest absolute Gasteiger partial charge is 0.393 e. The maximum Gasteiger partial charge on any atom is 0.0540 e. The highest BCUT2D eigenvalue weighted by Gasteiger charge is 2.27. The molecule has 1 aliphatic rings. The van der Waals surface area contributed by atoms with E-state index in [9.17, 15) is 5.11 Å². The molecule has 3 unspecified atom stereocenters. The molecule has 3 atom stereocenters. The molecular weight excluding hydrogens is 224 g/mol. The van der Waals surface area contributed by atoms with Gasteiger partial charge in [0.1, 0.15) is 0 Å². The van der Waals surface area contributed by atoms with Crippen LogP contribution in [0.2, 0.25) is 0 Å². The Morgan fingerprint density at radius 2 is 2.00 bits per heavy atom. The van der Waals surface area contributed by atoms with Gasteiger partial charge in [0.2, 0.25) is 0 Å². The van der Waals surface area contributed by atoms with Crippen molar-refractivity contribution in [3.63, 3.8) is 0 Å². The molecule has 1 heterocycles. The topological polar surface area (TPSA) is 35.5 Å². The maximum atomic E-state index is 9.85. The van der Waals surface area contributed by atoms with E-state index in [4.69, 9.17) is 0 Å². The minimum absolute atomic E-state index is 0.108. The molecule has 0 aromatic carbocycles. The number of likely N-dealkylation sites (tertiary alicyclic amines) is 1. The Morgan fingerprint density at radius 3 is 2.61 bits per heavy atom. The van der Waals surface area contributed by atoms with Gasteiger partial charge < -0.3 is 15.3 Å². The zero-order valence-electron chi connectivity index (χ0n) is 12.5. The van der Waals surface area contributed by atoms with E-state index in [0.29, 0.717) is 12.0 Å². The molecule has 0 aromatic heterocycles. The molecule has 1 saturated heterocycles. The van der Waals surface area contributed by atoms with Crippen molar-refractivity contribution in [1.82, 2.24) is 10.2 Å². The lowest BCUT2D eigenvalue weighted by atomic mass is 9.88. The smallest absolute Gasteiger partial charge is 0.0540 e. The third kappa shape index (κ3) is 5.68. The first-order valence-electron chi connectivity index (χ1n) is 7.83. The van der Waals surface area contributed by atoms with Crippen LogP contribution in [0.4, 0.5) is 0 Å². The molecule has 108 valence electrons. The average Bonchev–Trinajstić information content (AvgIpc) is 2.36. The first-order valence-corrected chi connectivity index (χ1v) is 7.83. The van der Waals surface area contributed by atoms with Crippen LogP contribution in [-0.4, -0.2) is 48.3 Å². The molecule has 1 aliphatic heterocycles. The Hall–Kier alpha value is -0.120. The number of hydrogen-bond acceptors (Lipinski definition) is 3. The Balaban J connectivity index is 2.45. The van der Waals surface area contributed by atoms with Gasteiger partial charge in [0.05, 0.1) is 6.10 Å². The molecule has 3 nitrogen and oxygen atoms in total. The van der Waals surface area contributed by atoms with E-state index < -0.39 is 0 Å². The van der Waals surface area contributed by atoms with Crippen molar-refractivity contribution >= 4 is 0 Å². The minimum atomic E-state index is -0.108. The average molecular weight is 256 g/mol. The Bertz CT molecular complexity index is 211. The van der Waals surface area contributed by atoms with E-state index in [0.717, 1.165) is 19.4 Å². The number of piperidine rings is 1. The van der Waals surface area contributed by atoms with E-state index in [1.807, 2.05) is 0 Å². The molecule has 0 bridgehead atoms. The Kier molecular flexibility index (Phi) is 7.87. The summed E-state index contributed by atoms with van der Waals surface area (Å²) in [7, 11) is 0. The van der Waals surface area contributed by atoms with Crippen LogP contribution in [0, 0.1) is 5.92 Å². The third-order valence-electron chi connectivity index (χ3n) is 3.91. The van der Waals surface area contributed by atoms with Crippen molar-refractivity contribution in [3.05, 3.63) is 0 Å². The summed E-state index contributed by atoms with van der Waals surface area (Å²) in [5.41, 5.74) is 0. The fourth-order valence-corrected chi connectivity index (χ4v) is 3.02.